The van der Waals surface area contributed by atoms with E-state index in [9.17, 15) is 4.39 Å². The zero-order chi connectivity index (χ0) is 13.1. The van der Waals surface area contributed by atoms with Gasteiger partial charge >= 0.3 is 0 Å². The lowest BCUT2D eigenvalue weighted by molar-refractivity contribution is 0.625. The lowest BCUT2D eigenvalue weighted by Gasteiger charge is -2.13. The fourth-order valence-corrected chi connectivity index (χ4v) is 2.32. The van der Waals surface area contributed by atoms with Gasteiger partial charge in [-0.15, -0.1) is 0 Å². The van der Waals surface area contributed by atoms with Crippen LogP contribution in [0.4, 0.5) is 4.39 Å². The first-order chi connectivity index (χ1) is 8.54. The second-order valence-electron chi connectivity index (χ2n) is 4.14. The van der Waals surface area contributed by atoms with Gasteiger partial charge < -0.3 is 5.73 Å². The van der Waals surface area contributed by atoms with Gasteiger partial charge in [0.25, 0.3) is 0 Å². The van der Waals surface area contributed by atoms with Crippen LogP contribution in [0.3, 0.4) is 0 Å². The summed E-state index contributed by atoms with van der Waals surface area (Å²) in [6.45, 7) is 0. The monoisotopic (exact) mass is 283 g/mol. The van der Waals surface area contributed by atoms with E-state index >= 15 is 0 Å². The van der Waals surface area contributed by atoms with Gasteiger partial charge in [0.2, 0.25) is 0 Å². The Hall–Kier alpha value is -1.09. The van der Waals surface area contributed by atoms with Gasteiger partial charge in [-0.2, -0.15) is 0 Å². The average molecular weight is 284 g/mol. The van der Waals surface area contributed by atoms with Crippen LogP contribution in [0.15, 0.2) is 42.5 Å². The van der Waals surface area contributed by atoms with Gasteiger partial charge in [0.1, 0.15) is 5.82 Å². The molecule has 0 fully saturated rings. The third-order valence-electron chi connectivity index (χ3n) is 2.68. The summed E-state index contributed by atoms with van der Waals surface area (Å²) in [5.41, 5.74) is 7.94. The maximum Gasteiger partial charge on any atom is 0.123 e. The minimum atomic E-state index is -0.252. The molecule has 2 aromatic carbocycles. The van der Waals surface area contributed by atoms with Gasteiger partial charge in [0, 0.05) is 16.1 Å². The first kappa shape index (κ1) is 13.3. The highest BCUT2D eigenvalue weighted by Gasteiger charge is 2.09. The molecule has 0 heterocycles. The normalized spacial score (nSPS) is 12.4. The van der Waals surface area contributed by atoms with E-state index in [1.807, 2.05) is 0 Å². The smallest absolute Gasteiger partial charge is 0.123 e. The summed E-state index contributed by atoms with van der Waals surface area (Å²) in [7, 11) is 0. The van der Waals surface area contributed by atoms with Crippen LogP contribution < -0.4 is 5.73 Å². The van der Waals surface area contributed by atoms with E-state index in [0.29, 0.717) is 16.5 Å². The molecule has 2 aromatic rings. The highest BCUT2D eigenvalue weighted by Crippen LogP contribution is 2.24. The molecule has 0 aliphatic rings. The summed E-state index contributed by atoms with van der Waals surface area (Å²) >= 11 is 11.9. The Balaban J connectivity index is 2.16. The number of halogens is 3. The molecule has 94 valence electrons. The van der Waals surface area contributed by atoms with Crippen molar-refractivity contribution in [2.24, 2.45) is 5.73 Å². The van der Waals surface area contributed by atoms with Crippen molar-refractivity contribution in [3.8, 4) is 0 Å². The maximum atomic E-state index is 12.8. The Kier molecular flexibility index (Phi) is 4.23. The van der Waals surface area contributed by atoms with Crippen molar-refractivity contribution >= 4 is 23.2 Å². The molecule has 2 N–H and O–H groups in total. The molecule has 0 saturated heterocycles. The Morgan fingerprint density at radius 1 is 1.00 bits per heavy atom. The van der Waals surface area contributed by atoms with Crippen molar-refractivity contribution in [1.82, 2.24) is 0 Å². The quantitative estimate of drug-likeness (QED) is 0.889. The summed E-state index contributed by atoms with van der Waals surface area (Å²) in [5.74, 6) is -0.252. The largest absolute Gasteiger partial charge is 0.324 e. The molecule has 0 bridgehead atoms. The van der Waals surface area contributed by atoms with Gasteiger partial charge in [0.05, 0.1) is 0 Å². The van der Waals surface area contributed by atoms with Crippen LogP contribution in [0.25, 0.3) is 0 Å². The summed E-state index contributed by atoms with van der Waals surface area (Å²) in [5, 5.41) is 1.12. The van der Waals surface area contributed by atoms with Gasteiger partial charge in [-0.05, 0) is 47.9 Å². The molecular formula is C14H12Cl2FN. The molecule has 0 spiro atoms. The standard InChI is InChI=1S/C14H12Cl2FN/c15-11-6-10(7-12(16)8-11)14(18)5-9-1-3-13(17)4-2-9/h1-4,6-8,14H,5,18H2. The van der Waals surface area contributed by atoms with E-state index in [1.165, 1.54) is 12.1 Å². The van der Waals surface area contributed by atoms with Gasteiger partial charge in [0.15, 0.2) is 0 Å². The van der Waals surface area contributed by atoms with Crippen molar-refractivity contribution in [2.45, 2.75) is 12.5 Å². The first-order valence-corrected chi connectivity index (χ1v) is 6.26. The fraction of sp³-hybridized carbons (Fsp3) is 0.143. The van der Waals surface area contributed by atoms with E-state index in [4.69, 9.17) is 28.9 Å². The lowest BCUT2D eigenvalue weighted by atomic mass is 10.00. The molecule has 1 atom stereocenters. The third kappa shape index (κ3) is 3.45. The van der Waals surface area contributed by atoms with Crippen molar-refractivity contribution in [1.29, 1.82) is 0 Å². The van der Waals surface area contributed by atoms with Crippen LogP contribution in [0, 0.1) is 5.82 Å². The molecule has 18 heavy (non-hydrogen) atoms. The van der Waals surface area contributed by atoms with Gasteiger partial charge in [-0.3, -0.25) is 0 Å². The van der Waals surface area contributed by atoms with E-state index in [-0.39, 0.29) is 11.9 Å². The average Bonchev–Trinajstić information content (AvgIpc) is 2.31. The molecule has 2 rings (SSSR count). The van der Waals surface area contributed by atoms with Crippen LogP contribution in [-0.4, -0.2) is 0 Å². The van der Waals surface area contributed by atoms with Gasteiger partial charge in [-0.1, -0.05) is 35.3 Å². The lowest BCUT2D eigenvalue weighted by Crippen LogP contribution is -2.13. The Labute approximate surface area is 115 Å². The highest BCUT2D eigenvalue weighted by molar-refractivity contribution is 6.34. The zero-order valence-corrected chi connectivity index (χ0v) is 11.0. The van der Waals surface area contributed by atoms with E-state index in [2.05, 4.69) is 0 Å². The van der Waals surface area contributed by atoms with Crippen LogP contribution in [0.5, 0.6) is 0 Å². The molecule has 4 heteroatoms. The molecule has 0 amide bonds. The predicted octanol–water partition coefficient (Wildman–Crippen LogP) is 4.38. The van der Waals surface area contributed by atoms with E-state index < -0.39 is 0 Å². The summed E-state index contributed by atoms with van der Waals surface area (Å²) in [4.78, 5) is 0. The molecule has 0 aliphatic heterocycles. The van der Waals surface area contributed by atoms with Gasteiger partial charge in [-0.25, -0.2) is 4.39 Å². The van der Waals surface area contributed by atoms with Crippen LogP contribution >= 0.6 is 23.2 Å². The number of nitrogens with two attached hydrogens (primary N) is 1. The second kappa shape index (κ2) is 5.70. The molecule has 0 aromatic heterocycles. The summed E-state index contributed by atoms with van der Waals surface area (Å²) in [6.07, 6.45) is 0.608. The second-order valence-corrected chi connectivity index (χ2v) is 5.01. The number of hydrogen-bond donors (Lipinski definition) is 1. The summed E-state index contributed by atoms with van der Waals surface area (Å²) < 4.78 is 12.8. The SMILES string of the molecule is NC(Cc1ccc(F)cc1)c1cc(Cl)cc(Cl)c1. The number of rotatable bonds is 3. The van der Waals surface area contributed by atoms with Crippen molar-refractivity contribution in [2.75, 3.05) is 0 Å². The topological polar surface area (TPSA) is 26.0 Å². The van der Waals surface area contributed by atoms with E-state index in [1.54, 1.807) is 30.3 Å². The fourth-order valence-electron chi connectivity index (χ4n) is 1.78. The zero-order valence-electron chi connectivity index (χ0n) is 9.54. The summed E-state index contributed by atoms with van der Waals surface area (Å²) in [6, 6.07) is 11.3. The van der Waals surface area contributed by atoms with Crippen LogP contribution in [0.2, 0.25) is 10.0 Å². The Morgan fingerprint density at radius 3 is 2.11 bits per heavy atom. The predicted molar refractivity (Wildman–Crippen MR) is 73.5 cm³/mol. The number of hydrogen-bond acceptors (Lipinski definition) is 1. The van der Waals surface area contributed by atoms with Crippen molar-refractivity contribution in [3.05, 3.63) is 69.5 Å². The molecule has 0 aliphatic carbocycles. The minimum Gasteiger partial charge on any atom is -0.324 e. The highest BCUT2D eigenvalue weighted by atomic mass is 35.5. The van der Waals surface area contributed by atoms with Crippen LogP contribution in [-0.2, 0) is 6.42 Å². The minimum absolute atomic E-state index is 0.216. The maximum absolute atomic E-state index is 12.8. The molecular weight excluding hydrogens is 272 g/mol. The van der Waals surface area contributed by atoms with Crippen molar-refractivity contribution < 1.29 is 4.39 Å². The number of benzene rings is 2. The Bertz CT molecular complexity index is 520. The third-order valence-corrected chi connectivity index (χ3v) is 3.12. The van der Waals surface area contributed by atoms with Crippen LogP contribution in [0.1, 0.15) is 17.2 Å². The van der Waals surface area contributed by atoms with E-state index in [0.717, 1.165) is 11.1 Å². The molecule has 0 saturated carbocycles. The van der Waals surface area contributed by atoms with Crippen molar-refractivity contribution in [3.63, 3.8) is 0 Å². The first-order valence-electron chi connectivity index (χ1n) is 5.50. The molecule has 1 nitrogen and oxygen atoms in total. The molecule has 0 radical (unpaired) electrons. The Morgan fingerprint density at radius 2 is 1.56 bits per heavy atom. The molecule has 1 unspecified atom stereocenters.